The number of benzene rings is 2. The van der Waals surface area contributed by atoms with E-state index in [1.165, 1.54) is 12.1 Å². The van der Waals surface area contributed by atoms with Crippen LogP contribution in [-0.4, -0.2) is 28.5 Å². The Kier molecular flexibility index (Phi) is 8.43. The van der Waals surface area contributed by atoms with Crippen LogP contribution in [0.25, 0.3) is 0 Å². The van der Waals surface area contributed by atoms with Crippen molar-refractivity contribution < 1.29 is 42.4 Å². The molecule has 2 aromatic rings. The van der Waals surface area contributed by atoms with Crippen molar-refractivity contribution in [3.05, 3.63) is 52.8 Å². The molecule has 1 atom stereocenters. The first-order chi connectivity index (χ1) is 13.4. The van der Waals surface area contributed by atoms with Crippen LogP contribution in [-0.2, 0) is 16.0 Å². The van der Waals surface area contributed by atoms with E-state index in [9.17, 15) is 27.5 Å². The quantitative estimate of drug-likeness (QED) is 0.274. The maximum absolute atomic E-state index is 13.4. The molecule has 0 spiro atoms. The van der Waals surface area contributed by atoms with Crippen LogP contribution in [0.5, 0.6) is 5.75 Å². The third kappa shape index (κ3) is 6.46. The molecule has 0 saturated heterocycles. The molecule has 1 amide bonds. The Morgan fingerprint density at radius 1 is 1.20 bits per heavy atom. The molecule has 0 aromatic heterocycles. The molecule has 7 nitrogen and oxygen atoms in total. The van der Waals surface area contributed by atoms with E-state index in [1.807, 2.05) is 0 Å². The van der Waals surface area contributed by atoms with Gasteiger partial charge in [-0.15, -0.1) is 4.99 Å². The van der Waals surface area contributed by atoms with Crippen LogP contribution in [0, 0.1) is 5.82 Å². The number of nitrogens with one attached hydrogen (secondary N) is 2. The third-order valence-electron chi connectivity index (χ3n) is 3.64. The Bertz CT molecular complexity index is 893. The molecule has 30 heavy (non-hydrogen) atoms. The number of hydrogen-bond acceptors (Lipinski definition) is 6. The molecule has 2 aromatic carbocycles. The maximum atomic E-state index is 13.4. The largest absolute Gasteiger partial charge is 0.490 e. The van der Waals surface area contributed by atoms with Gasteiger partial charge in [0.05, 0.1) is 16.3 Å². The number of aliphatic hydroxyl groups is 1. The molecule has 12 heteroatoms. The van der Waals surface area contributed by atoms with Gasteiger partial charge in [-0.1, -0.05) is 19.0 Å². The van der Waals surface area contributed by atoms with Crippen LogP contribution < -0.4 is 15.5 Å². The summed E-state index contributed by atoms with van der Waals surface area (Å²) < 4.78 is 57.8. The minimum Gasteiger partial charge on any atom is -0.490 e. The highest BCUT2D eigenvalue weighted by atomic mass is 35.5. The van der Waals surface area contributed by atoms with Gasteiger partial charge in [-0.2, -0.15) is 13.2 Å². The fourth-order valence-corrected chi connectivity index (χ4v) is 2.23. The highest BCUT2D eigenvalue weighted by molar-refractivity contribution is 6.30. The fourth-order valence-electron chi connectivity index (χ4n) is 2.12. The van der Waals surface area contributed by atoms with Crippen LogP contribution in [0.2, 0.25) is 5.02 Å². The van der Waals surface area contributed by atoms with Gasteiger partial charge >= 0.3 is 6.18 Å². The van der Waals surface area contributed by atoms with E-state index >= 15 is 0 Å². The topological polar surface area (TPSA) is 100 Å². The zero-order valence-electron chi connectivity index (χ0n) is 14.7. The summed E-state index contributed by atoms with van der Waals surface area (Å²) in [5.74, 6) is -1.86. The van der Waals surface area contributed by atoms with E-state index in [-0.39, 0.29) is 23.9 Å². The number of halogens is 5. The van der Waals surface area contributed by atoms with Crippen LogP contribution >= 0.6 is 11.6 Å². The van der Waals surface area contributed by atoms with Crippen molar-refractivity contribution in [2.45, 2.75) is 26.1 Å². The molecule has 0 radical (unpaired) electrons. The molecule has 0 aliphatic rings. The van der Waals surface area contributed by atoms with Crippen LogP contribution in [0.3, 0.4) is 0 Å². The average Bonchev–Trinajstić information content (AvgIpc) is 2.63. The molecule has 0 heterocycles. The number of carbonyl (C=O) groups is 1. The van der Waals surface area contributed by atoms with Crippen molar-refractivity contribution in [1.29, 1.82) is 0 Å². The van der Waals surface area contributed by atoms with E-state index in [2.05, 4.69) is 10.3 Å². The number of hydrogen-bond donors (Lipinski definition) is 4. The van der Waals surface area contributed by atoms with E-state index in [0.717, 1.165) is 25.1 Å². The molecule has 4 N–H and O–H groups in total. The molecule has 0 aliphatic heterocycles. The lowest BCUT2D eigenvalue weighted by atomic mass is 10.1. The fraction of sp³-hybridized carbons (Fsp3) is 0.278. The molecular formula is C18H19ClF4N2O5. The van der Waals surface area contributed by atoms with E-state index in [1.54, 1.807) is 5.48 Å². The van der Waals surface area contributed by atoms with Gasteiger partial charge < -0.3 is 15.2 Å². The highest BCUT2D eigenvalue weighted by Crippen LogP contribution is 2.36. The number of ether oxygens (including phenoxy) is 1. The molecular weight excluding hydrogens is 436 g/mol. The number of amides is 1. The van der Waals surface area contributed by atoms with Crippen molar-refractivity contribution in [1.82, 2.24) is 0 Å². The van der Waals surface area contributed by atoms with Crippen molar-refractivity contribution in [3.8, 4) is 5.75 Å². The SMILES string of the molecule is C.C[C@](O)(COc1ccc(Cl)c(F)c1)C(=O)Nc1ccc(NOO)c(C(F)(F)F)c1. The van der Waals surface area contributed by atoms with Gasteiger partial charge in [-0.05, 0) is 37.3 Å². The normalized spacial score (nSPS) is 13.1. The summed E-state index contributed by atoms with van der Waals surface area (Å²) in [4.78, 5) is 15.8. The molecule has 0 aliphatic carbocycles. The lowest BCUT2D eigenvalue weighted by Gasteiger charge is -2.23. The smallest absolute Gasteiger partial charge is 0.418 e. The molecule has 0 bridgehead atoms. The zero-order valence-corrected chi connectivity index (χ0v) is 15.4. The Labute approximate surface area is 174 Å². The Morgan fingerprint density at radius 3 is 2.43 bits per heavy atom. The van der Waals surface area contributed by atoms with Gasteiger partial charge in [0.1, 0.15) is 18.2 Å². The van der Waals surface area contributed by atoms with Gasteiger partial charge in [0.25, 0.3) is 5.91 Å². The summed E-state index contributed by atoms with van der Waals surface area (Å²) in [6.45, 7) is 0.443. The minimum atomic E-state index is -4.83. The standard InChI is InChI=1S/C17H15ClF4N2O5.CH4/c1-16(26,8-28-10-3-4-12(18)13(19)7-10)15(25)23-9-2-5-14(24-29-27)11(6-9)17(20,21)22;/h2-7,24,26-27H,8H2,1H3,(H,23,25);1H4/t16-;/m0./s1. The van der Waals surface area contributed by atoms with Crippen LogP contribution in [0.1, 0.15) is 19.9 Å². The van der Waals surface area contributed by atoms with Crippen molar-refractivity contribution in [2.75, 3.05) is 17.4 Å². The highest BCUT2D eigenvalue weighted by Gasteiger charge is 2.35. The van der Waals surface area contributed by atoms with Crippen LogP contribution in [0.15, 0.2) is 36.4 Å². The number of rotatable bonds is 7. The van der Waals surface area contributed by atoms with Crippen LogP contribution in [0.4, 0.5) is 28.9 Å². The average molecular weight is 455 g/mol. The van der Waals surface area contributed by atoms with E-state index in [4.69, 9.17) is 21.6 Å². The van der Waals surface area contributed by atoms with Crippen molar-refractivity contribution >= 4 is 28.9 Å². The second-order valence-electron chi connectivity index (χ2n) is 6.04. The first-order valence-corrected chi connectivity index (χ1v) is 8.21. The predicted octanol–water partition coefficient (Wildman–Crippen LogP) is 4.72. The summed E-state index contributed by atoms with van der Waals surface area (Å²) in [6.07, 6.45) is -4.83. The summed E-state index contributed by atoms with van der Waals surface area (Å²) >= 11 is 5.54. The first kappa shape index (κ1) is 25.4. The molecule has 166 valence electrons. The van der Waals surface area contributed by atoms with Gasteiger partial charge in [-0.25, -0.2) is 15.1 Å². The zero-order chi connectivity index (χ0) is 21.8. The van der Waals surface area contributed by atoms with E-state index in [0.29, 0.717) is 6.07 Å². The number of carbonyl (C=O) groups excluding carboxylic acids is 1. The van der Waals surface area contributed by atoms with Crippen molar-refractivity contribution in [3.63, 3.8) is 0 Å². The van der Waals surface area contributed by atoms with E-state index < -0.39 is 41.4 Å². The van der Waals surface area contributed by atoms with Gasteiger partial charge in [0, 0.05) is 11.8 Å². The molecule has 0 saturated carbocycles. The molecule has 2 rings (SSSR count). The summed E-state index contributed by atoms with van der Waals surface area (Å²) in [5.41, 5.74) is -2.64. The lowest BCUT2D eigenvalue weighted by molar-refractivity contribution is -0.216. The number of anilines is 2. The maximum Gasteiger partial charge on any atom is 0.418 e. The first-order valence-electron chi connectivity index (χ1n) is 7.83. The monoisotopic (exact) mass is 454 g/mol. The second kappa shape index (κ2) is 9.94. The third-order valence-corrected chi connectivity index (χ3v) is 3.95. The van der Waals surface area contributed by atoms with Crippen molar-refractivity contribution in [2.24, 2.45) is 0 Å². The van der Waals surface area contributed by atoms with Gasteiger partial charge in [0.2, 0.25) is 0 Å². The summed E-state index contributed by atoms with van der Waals surface area (Å²) in [7, 11) is 0. The second-order valence-corrected chi connectivity index (χ2v) is 6.45. The Hall–Kier alpha value is -2.60. The lowest BCUT2D eigenvalue weighted by Crippen LogP contribution is -2.45. The van der Waals surface area contributed by atoms with Gasteiger partial charge in [0.15, 0.2) is 5.60 Å². The minimum absolute atomic E-state index is 0. The predicted molar refractivity (Wildman–Crippen MR) is 102 cm³/mol. The van der Waals surface area contributed by atoms with Gasteiger partial charge in [-0.3, -0.25) is 4.79 Å². The Morgan fingerprint density at radius 2 is 1.87 bits per heavy atom. The molecule has 0 unspecified atom stereocenters. The molecule has 0 fully saturated rings. The Balaban J connectivity index is 0.00000450. The summed E-state index contributed by atoms with van der Waals surface area (Å²) in [6, 6.07) is 6.03. The summed E-state index contributed by atoms with van der Waals surface area (Å²) in [5, 5.41) is 20.5. The number of alkyl halides is 3.